The number of fused-ring (bicyclic) bond motifs is 2. The van der Waals surface area contributed by atoms with E-state index >= 15 is 0 Å². The molecule has 2 unspecified atom stereocenters. The fourth-order valence-electron chi connectivity index (χ4n) is 13.2. The van der Waals surface area contributed by atoms with Crippen molar-refractivity contribution in [1.29, 1.82) is 0 Å². The number of carboxylic acid groups (broad SMARTS) is 3. The van der Waals surface area contributed by atoms with Crippen LogP contribution in [-0.2, 0) is 104 Å². The fourth-order valence-corrected chi connectivity index (χ4v) is 15.0. The first-order valence-corrected chi connectivity index (χ1v) is 42.2. The van der Waals surface area contributed by atoms with Gasteiger partial charge in [0, 0.05) is 106 Å². The molecule has 0 saturated carbocycles. The second-order valence-corrected chi connectivity index (χ2v) is 33.8. The summed E-state index contributed by atoms with van der Waals surface area (Å²) in [6.07, 6.45) is 3.25. The SMILES string of the molecule is CCN(CCCS(=O)(=O)O)c1ccc2c(C(C)(C)C)cc(/C=C/C=C3\N(CCCS(=O)(=O)O)c4ccc(S(=O)(=O)O)cc4C3(C)CCCC(=O)N[C@@H](Cc3ccccc3)C(=O)NC(Cc3ccccc3)C(=O)NCC(=O)NCCNC(=O)[C@H](Cc3ccccc3)NC(=O)CC[C@H](NC(=S)N[C@@H](CCC(=O)O)C(=O)O)C(=O)O)[o+]c2c1. The van der Waals surface area contributed by atoms with Gasteiger partial charge in [0.15, 0.2) is 5.11 Å². The number of benzene rings is 5. The molecule has 6 atom stereocenters. The Bertz CT molecular complexity index is 4900. The number of rotatable bonds is 44. The van der Waals surface area contributed by atoms with E-state index in [4.69, 9.17) is 21.7 Å². The lowest BCUT2D eigenvalue weighted by Crippen LogP contribution is -2.56. The van der Waals surface area contributed by atoms with E-state index in [0.29, 0.717) is 58.1 Å². The highest BCUT2D eigenvalue weighted by atomic mass is 32.2. The molecule has 0 aliphatic carbocycles. The third-order valence-corrected chi connectivity index (χ3v) is 21.7. The molecule has 1 aliphatic rings. The largest absolute Gasteiger partial charge is 0.481 e. The number of hydrogen-bond acceptors (Lipinski definition) is 18. The normalized spacial score (nSPS) is 15.3. The number of carboxylic acids is 3. The molecule has 2 heterocycles. The van der Waals surface area contributed by atoms with Crippen molar-refractivity contribution in [2.24, 2.45) is 0 Å². The highest BCUT2D eigenvalue weighted by Crippen LogP contribution is 2.51. The van der Waals surface area contributed by atoms with Crippen molar-refractivity contribution in [2.45, 2.75) is 158 Å². The number of thiocarbonyl (C=S) groups is 1. The van der Waals surface area contributed by atoms with Crippen LogP contribution in [0.15, 0.2) is 161 Å². The molecule has 5 aromatic carbocycles. The summed E-state index contributed by atoms with van der Waals surface area (Å²) < 4.78 is 109. The van der Waals surface area contributed by atoms with Gasteiger partial charge in [0.25, 0.3) is 30.4 Å². The van der Waals surface area contributed by atoms with Crippen LogP contribution < -0.4 is 52.3 Å². The third-order valence-electron chi connectivity index (χ3n) is 19.0. The average molecular weight is 1670 g/mol. The topological polar surface area (TPSA) is 491 Å². The van der Waals surface area contributed by atoms with E-state index in [0.717, 1.165) is 16.6 Å². The Morgan fingerprint density at radius 2 is 1.10 bits per heavy atom. The Morgan fingerprint density at radius 1 is 0.583 bits per heavy atom. The molecule has 0 fully saturated rings. The zero-order valence-electron chi connectivity index (χ0n) is 64.2. The molecule has 0 bridgehead atoms. The zero-order valence-corrected chi connectivity index (χ0v) is 67.5. The molecular formula is C79H99N10O22S4+. The van der Waals surface area contributed by atoms with Crippen molar-refractivity contribution in [1.82, 2.24) is 42.5 Å². The van der Waals surface area contributed by atoms with Crippen molar-refractivity contribution in [3.63, 3.8) is 0 Å². The molecular weight excluding hydrogens is 1570 g/mol. The molecule has 1 aliphatic heterocycles. The molecule has 0 radical (unpaired) electrons. The maximum atomic E-state index is 14.7. The summed E-state index contributed by atoms with van der Waals surface area (Å²) >= 11 is 5.09. The van der Waals surface area contributed by atoms with Crippen LogP contribution in [0, 0.1) is 0 Å². The van der Waals surface area contributed by atoms with Crippen molar-refractivity contribution in [2.75, 3.05) is 60.6 Å². The van der Waals surface area contributed by atoms with E-state index in [1.807, 2.05) is 56.9 Å². The zero-order chi connectivity index (χ0) is 84.4. The Labute approximate surface area is 673 Å². The number of amides is 6. The average Bonchev–Trinajstić information content (AvgIpc) is 1.58. The predicted molar refractivity (Wildman–Crippen MR) is 434 cm³/mol. The predicted octanol–water partition coefficient (Wildman–Crippen LogP) is 6.03. The molecule has 14 N–H and O–H groups in total. The van der Waals surface area contributed by atoms with Crippen LogP contribution in [0.4, 0.5) is 11.4 Å². The molecule has 0 spiro atoms. The molecule has 6 aromatic rings. The van der Waals surface area contributed by atoms with Gasteiger partial charge >= 0.3 is 29.3 Å². The smallest absolute Gasteiger partial charge is 0.363 e. The molecule has 6 amide bonds. The van der Waals surface area contributed by atoms with Gasteiger partial charge in [-0.05, 0) is 134 Å². The monoisotopic (exact) mass is 1670 g/mol. The summed E-state index contributed by atoms with van der Waals surface area (Å²) in [4.78, 5) is 122. The van der Waals surface area contributed by atoms with E-state index in [1.165, 1.54) is 18.2 Å². The second-order valence-electron chi connectivity index (χ2n) is 28.9. The number of allylic oxidation sites excluding steroid dienone is 3. The first-order chi connectivity index (χ1) is 54.2. The number of carbonyl (C=O) groups excluding carboxylic acids is 6. The number of anilines is 2. The van der Waals surface area contributed by atoms with Crippen LogP contribution in [-0.4, -0.2) is 194 Å². The number of nitrogens with zero attached hydrogens (tertiary/aromatic N) is 2. The minimum Gasteiger partial charge on any atom is -0.481 e. The third kappa shape index (κ3) is 29.2. The van der Waals surface area contributed by atoms with Crippen LogP contribution in [0.2, 0.25) is 0 Å². The Morgan fingerprint density at radius 3 is 1.63 bits per heavy atom. The van der Waals surface area contributed by atoms with E-state index in [-0.39, 0.29) is 83.8 Å². The summed E-state index contributed by atoms with van der Waals surface area (Å²) in [5.41, 5.74) is 3.73. The first kappa shape index (κ1) is 91.4. The number of hydrogen-bond donors (Lipinski definition) is 14. The molecule has 32 nitrogen and oxygen atoms in total. The Balaban J connectivity index is 1.05. The van der Waals surface area contributed by atoms with Gasteiger partial charge in [0.1, 0.15) is 30.2 Å². The molecule has 1 aromatic heterocycles. The number of aliphatic carboxylic acids is 3. The quantitative estimate of drug-likeness (QED) is 0.00898. The number of carbonyl (C=O) groups is 9. The van der Waals surface area contributed by atoms with Crippen LogP contribution in [0.1, 0.15) is 126 Å². The molecule has 36 heteroatoms. The summed E-state index contributed by atoms with van der Waals surface area (Å²) in [7, 11) is -13.5. The van der Waals surface area contributed by atoms with E-state index < -0.39 is 166 Å². The summed E-state index contributed by atoms with van der Waals surface area (Å²) in [5.74, 6) is -9.10. The fraction of sp³-hybridized carbons (Fsp3) is 0.405. The van der Waals surface area contributed by atoms with Crippen molar-refractivity contribution in [3.8, 4) is 0 Å². The van der Waals surface area contributed by atoms with Crippen molar-refractivity contribution < 1.29 is 102 Å². The Hall–Kier alpha value is -10.8. The standard InChI is InChI=1S/C79H98N10O22S4/c1-6-88(40-18-42-113(102,103)104)54-29-31-57-58(78(2,3)4)48-55(111-66(57)47-54)26-16-27-67-79(5,59-49-56(115(108,109)110)30-34-65(59)89(67)41-19-43-114(105,106)107)37-17-28-68(90)84-64(46-53-24-14-9-15-25-53)74(97)85-63(45-52-22-12-8-13-23-52)73(96)82-50-70(92)80-38-39-81-72(95)62(44-51-20-10-7-11-21-51)83-69(91)35-32-60(75(98)99)86-77(112)87-61(76(100)101)33-36-71(93)94/h7-16,20-27,29-31,34,47-49,60-64H,6,17-19,28,32-33,35-46,50H2,1-5H3,(H13-,80,81,82,83,84,85,86,87,90,91,92,93,94,95,96,97,98,99,100,101,102,103,104,105,106,107,108,109,110,112)/p+1/b26-16+,67-27-/t60-,61-,62-,63?,64-,79?/m0/s1. The van der Waals surface area contributed by atoms with Crippen LogP contribution >= 0.6 is 12.2 Å². The highest BCUT2D eigenvalue weighted by molar-refractivity contribution is 7.86. The lowest BCUT2D eigenvalue weighted by Gasteiger charge is -2.30. The van der Waals surface area contributed by atoms with E-state index in [2.05, 4.69) is 42.5 Å². The Kier molecular flexibility index (Phi) is 33.4. The van der Waals surface area contributed by atoms with Gasteiger partial charge in [0.2, 0.25) is 35.4 Å². The van der Waals surface area contributed by atoms with Gasteiger partial charge in [-0.1, -0.05) is 118 Å². The molecule has 7 rings (SSSR count). The summed E-state index contributed by atoms with van der Waals surface area (Å²) in [5, 5.41) is 49.6. The van der Waals surface area contributed by atoms with Crippen molar-refractivity contribution >= 4 is 129 Å². The van der Waals surface area contributed by atoms with Crippen molar-refractivity contribution in [3.05, 3.63) is 185 Å². The minimum absolute atomic E-state index is 0.0149. The summed E-state index contributed by atoms with van der Waals surface area (Å²) in [6, 6.07) is 30.7. The lowest BCUT2D eigenvalue weighted by molar-refractivity contribution is -0.141. The molecule has 0 saturated heterocycles. The van der Waals surface area contributed by atoms with Crippen LogP contribution in [0.5, 0.6) is 0 Å². The van der Waals surface area contributed by atoms with Crippen LogP contribution in [0.25, 0.3) is 17.0 Å². The molecule has 115 heavy (non-hydrogen) atoms. The first-order valence-electron chi connectivity index (χ1n) is 37.1. The van der Waals surface area contributed by atoms with Gasteiger partial charge in [-0.15, -0.1) is 0 Å². The minimum atomic E-state index is -4.81. The van der Waals surface area contributed by atoms with Gasteiger partial charge in [-0.2, -0.15) is 25.3 Å². The van der Waals surface area contributed by atoms with Crippen LogP contribution in [0.3, 0.4) is 0 Å². The van der Waals surface area contributed by atoms with Gasteiger partial charge in [0.05, 0.1) is 34.4 Å². The van der Waals surface area contributed by atoms with E-state index in [1.54, 1.807) is 121 Å². The highest BCUT2D eigenvalue weighted by Gasteiger charge is 2.44. The maximum absolute atomic E-state index is 14.7. The summed E-state index contributed by atoms with van der Waals surface area (Å²) in [6.45, 7) is 9.66. The lowest BCUT2D eigenvalue weighted by atomic mass is 9.77. The number of nitrogens with one attached hydrogen (secondary N) is 8. The van der Waals surface area contributed by atoms with Gasteiger partial charge in [-0.25, -0.2) is 14.0 Å². The van der Waals surface area contributed by atoms with E-state index in [9.17, 15) is 92.3 Å². The maximum Gasteiger partial charge on any atom is 0.363 e. The van der Waals surface area contributed by atoms with Gasteiger partial charge < -0.3 is 67.7 Å². The second kappa shape index (κ2) is 42.0. The van der Waals surface area contributed by atoms with Gasteiger partial charge in [-0.3, -0.25) is 47.2 Å². The molecule has 620 valence electrons.